The molecule has 1 aromatic heterocycles. The Morgan fingerprint density at radius 2 is 1.76 bits per heavy atom. The molecule has 4 nitrogen and oxygen atoms in total. The first kappa shape index (κ1) is 12.9. The van der Waals surface area contributed by atoms with Crippen molar-refractivity contribution in [2.24, 2.45) is 0 Å². The van der Waals surface area contributed by atoms with E-state index in [0.29, 0.717) is 17.5 Å². The second-order valence-corrected chi connectivity index (χ2v) is 4.31. The fourth-order valence-corrected chi connectivity index (χ4v) is 1.86. The molecule has 2 aromatic carbocycles. The summed E-state index contributed by atoms with van der Waals surface area (Å²) in [4.78, 5) is 4.39. The topological polar surface area (TPSA) is 48.2 Å². The fraction of sp³-hybridized carbons (Fsp3) is 0.0588. The van der Waals surface area contributed by atoms with Gasteiger partial charge in [-0.05, 0) is 24.3 Å². The second kappa shape index (κ2) is 5.93. The minimum atomic E-state index is 0.248. The van der Waals surface area contributed by atoms with E-state index >= 15 is 0 Å². The summed E-state index contributed by atoms with van der Waals surface area (Å²) in [5, 5.41) is 3.99. The van der Waals surface area contributed by atoms with Crippen LogP contribution in [0.3, 0.4) is 0 Å². The first-order valence-electron chi connectivity index (χ1n) is 6.42. The van der Waals surface area contributed by atoms with Crippen LogP contribution >= 0.6 is 0 Å². The summed E-state index contributed by atoms with van der Waals surface area (Å²) in [5.74, 6) is 4.17. The predicted octanol–water partition coefficient (Wildman–Crippen LogP) is 3.42. The van der Waals surface area contributed by atoms with E-state index in [1.165, 1.54) is 0 Å². The van der Waals surface area contributed by atoms with E-state index in [2.05, 4.69) is 16.1 Å². The van der Waals surface area contributed by atoms with Gasteiger partial charge in [-0.2, -0.15) is 4.98 Å². The molecule has 0 aliphatic carbocycles. The molecule has 102 valence electrons. The van der Waals surface area contributed by atoms with Gasteiger partial charge in [0.15, 0.2) is 0 Å². The van der Waals surface area contributed by atoms with Gasteiger partial charge in [0.25, 0.3) is 5.89 Å². The van der Waals surface area contributed by atoms with Crippen molar-refractivity contribution in [3.8, 4) is 40.9 Å². The summed E-state index contributed by atoms with van der Waals surface area (Å²) < 4.78 is 10.6. The molecule has 4 heteroatoms. The van der Waals surface area contributed by atoms with Gasteiger partial charge >= 0.3 is 0 Å². The Morgan fingerprint density at radius 3 is 2.48 bits per heavy atom. The second-order valence-electron chi connectivity index (χ2n) is 4.31. The minimum Gasteiger partial charge on any atom is -0.481 e. The summed E-state index contributed by atoms with van der Waals surface area (Å²) >= 11 is 0. The third-order valence-electron chi connectivity index (χ3n) is 2.88. The summed E-state index contributed by atoms with van der Waals surface area (Å²) in [6, 6.07) is 17.0. The molecule has 3 aromatic rings. The minimum absolute atomic E-state index is 0.248. The van der Waals surface area contributed by atoms with E-state index in [0.717, 1.165) is 11.1 Å². The van der Waals surface area contributed by atoms with Crippen LogP contribution in [-0.2, 0) is 0 Å². The van der Waals surface area contributed by atoms with Crippen LogP contribution in [0.15, 0.2) is 59.1 Å². The molecule has 0 N–H and O–H groups in total. The first-order chi connectivity index (χ1) is 10.4. The number of nitrogens with zero attached hydrogens (tertiary/aromatic N) is 2. The highest BCUT2D eigenvalue weighted by Gasteiger charge is 2.10. The van der Waals surface area contributed by atoms with Crippen LogP contribution in [0.1, 0.15) is 0 Å². The first-order valence-corrected chi connectivity index (χ1v) is 6.42. The maximum atomic E-state index is 5.32. The molecule has 0 radical (unpaired) electrons. The largest absolute Gasteiger partial charge is 0.481 e. The zero-order valence-corrected chi connectivity index (χ0v) is 11.2. The van der Waals surface area contributed by atoms with Gasteiger partial charge in [-0.25, -0.2) is 0 Å². The van der Waals surface area contributed by atoms with Crippen LogP contribution in [0.4, 0.5) is 0 Å². The molecular formula is C17H12N2O2. The van der Waals surface area contributed by atoms with E-state index in [4.69, 9.17) is 15.7 Å². The molecule has 0 aliphatic heterocycles. The molecule has 0 amide bonds. The van der Waals surface area contributed by atoms with Crippen LogP contribution < -0.4 is 4.74 Å². The Labute approximate surface area is 122 Å². The monoisotopic (exact) mass is 276 g/mol. The van der Waals surface area contributed by atoms with Crippen LogP contribution in [0, 0.1) is 12.3 Å². The Bertz CT molecular complexity index is 755. The Morgan fingerprint density at radius 1 is 1.00 bits per heavy atom. The molecule has 0 atom stereocenters. The average molecular weight is 276 g/mol. The van der Waals surface area contributed by atoms with Crippen molar-refractivity contribution in [2.45, 2.75) is 0 Å². The van der Waals surface area contributed by atoms with Crippen molar-refractivity contribution in [2.75, 3.05) is 6.61 Å². The van der Waals surface area contributed by atoms with E-state index in [-0.39, 0.29) is 6.61 Å². The number of rotatable bonds is 4. The van der Waals surface area contributed by atoms with Crippen molar-refractivity contribution in [1.82, 2.24) is 10.1 Å². The predicted molar refractivity (Wildman–Crippen MR) is 79.5 cm³/mol. The summed E-state index contributed by atoms with van der Waals surface area (Å²) in [6.07, 6.45) is 5.15. The van der Waals surface area contributed by atoms with Gasteiger partial charge in [0, 0.05) is 11.1 Å². The molecule has 3 rings (SSSR count). The third-order valence-corrected chi connectivity index (χ3v) is 2.88. The van der Waals surface area contributed by atoms with Crippen molar-refractivity contribution >= 4 is 0 Å². The van der Waals surface area contributed by atoms with Crippen LogP contribution in [0.2, 0.25) is 0 Å². The van der Waals surface area contributed by atoms with Gasteiger partial charge in [0.2, 0.25) is 5.82 Å². The van der Waals surface area contributed by atoms with Crippen molar-refractivity contribution in [3.63, 3.8) is 0 Å². The van der Waals surface area contributed by atoms with Crippen molar-refractivity contribution in [3.05, 3.63) is 54.6 Å². The number of hydrogen-bond donors (Lipinski definition) is 0. The molecule has 0 saturated heterocycles. The van der Waals surface area contributed by atoms with Gasteiger partial charge in [-0.1, -0.05) is 41.4 Å². The summed E-state index contributed by atoms with van der Waals surface area (Å²) in [7, 11) is 0. The van der Waals surface area contributed by atoms with Gasteiger partial charge in [-0.15, -0.1) is 6.42 Å². The Balaban J connectivity index is 1.82. The van der Waals surface area contributed by atoms with Gasteiger partial charge < -0.3 is 9.26 Å². The van der Waals surface area contributed by atoms with E-state index < -0.39 is 0 Å². The molecular weight excluding hydrogens is 264 g/mol. The summed E-state index contributed by atoms with van der Waals surface area (Å²) in [5.41, 5.74) is 1.75. The molecule has 21 heavy (non-hydrogen) atoms. The summed E-state index contributed by atoms with van der Waals surface area (Å²) in [6.45, 7) is 0.248. The standard InChI is InChI=1S/C17H12N2O2/c1-2-12-20-15-10-8-14(9-11-15)17-18-16(19-21-17)13-6-4-3-5-7-13/h1,3-11H,12H2. The lowest BCUT2D eigenvalue weighted by atomic mass is 10.2. The smallest absolute Gasteiger partial charge is 0.258 e. The number of ether oxygens (including phenoxy) is 1. The Kier molecular flexibility index (Phi) is 3.66. The maximum absolute atomic E-state index is 5.32. The lowest BCUT2D eigenvalue weighted by molar-refractivity contribution is 0.370. The van der Waals surface area contributed by atoms with Crippen molar-refractivity contribution < 1.29 is 9.26 Å². The van der Waals surface area contributed by atoms with Crippen molar-refractivity contribution in [1.29, 1.82) is 0 Å². The van der Waals surface area contributed by atoms with Gasteiger partial charge in [0.1, 0.15) is 12.4 Å². The SMILES string of the molecule is C#CCOc1ccc(-c2nc(-c3ccccc3)no2)cc1. The number of benzene rings is 2. The normalized spacial score (nSPS) is 10.0. The molecule has 0 bridgehead atoms. The van der Waals surface area contributed by atoms with E-state index in [9.17, 15) is 0 Å². The van der Waals surface area contributed by atoms with Gasteiger partial charge in [0.05, 0.1) is 0 Å². The third kappa shape index (κ3) is 2.93. The fourth-order valence-electron chi connectivity index (χ4n) is 1.86. The van der Waals surface area contributed by atoms with Gasteiger partial charge in [-0.3, -0.25) is 0 Å². The average Bonchev–Trinajstić information content (AvgIpc) is 3.04. The van der Waals surface area contributed by atoms with Crippen LogP contribution in [-0.4, -0.2) is 16.7 Å². The Hall–Kier alpha value is -3.06. The molecule has 1 heterocycles. The number of terminal acetylenes is 1. The molecule has 0 fully saturated rings. The molecule has 0 aliphatic rings. The zero-order chi connectivity index (χ0) is 14.5. The van der Waals surface area contributed by atoms with E-state index in [1.54, 1.807) is 0 Å². The zero-order valence-electron chi connectivity index (χ0n) is 11.2. The highest BCUT2D eigenvalue weighted by molar-refractivity contribution is 5.60. The number of hydrogen-bond acceptors (Lipinski definition) is 4. The highest BCUT2D eigenvalue weighted by Crippen LogP contribution is 2.23. The van der Waals surface area contributed by atoms with E-state index in [1.807, 2.05) is 54.6 Å². The van der Waals surface area contributed by atoms with Crippen LogP contribution in [0.25, 0.3) is 22.8 Å². The lowest BCUT2D eigenvalue weighted by Crippen LogP contribution is -1.92. The quantitative estimate of drug-likeness (QED) is 0.685. The number of aromatic nitrogens is 2. The molecule has 0 saturated carbocycles. The molecule has 0 spiro atoms. The lowest BCUT2D eigenvalue weighted by Gasteiger charge is -2.01. The highest BCUT2D eigenvalue weighted by atomic mass is 16.5. The van der Waals surface area contributed by atoms with Crippen LogP contribution in [0.5, 0.6) is 5.75 Å². The molecule has 0 unspecified atom stereocenters. The maximum Gasteiger partial charge on any atom is 0.258 e.